The number of halogens is 3. The lowest BCUT2D eigenvalue weighted by atomic mass is 9.77. The molecular formula is C32H35ClF2N2O4. The second-order valence-electron chi connectivity index (χ2n) is 12.3. The highest BCUT2D eigenvalue weighted by Crippen LogP contribution is 2.52. The maximum atomic E-state index is 16.4. The fourth-order valence-electron chi connectivity index (χ4n) is 7.10. The molecule has 1 amide bonds. The number of ether oxygens (including phenoxy) is 1. The lowest BCUT2D eigenvalue weighted by molar-refractivity contribution is -0.114. The minimum atomic E-state index is -1.79. The van der Waals surface area contributed by atoms with Crippen LogP contribution < -0.4 is 15.8 Å². The number of hydrogen-bond acceptors (Lipinski definition) is 5. The van der Waals surface area contributed by atoms with Gasteiger partial charge in [-0.3, -0.25) is 4.79 Å². The van der Waals surface area contributed by atoms with Crippen molar-refractivity contribution in [1.82, 2.24) is 5.32 Å². The molecule has 4 aliphatic rings. The molecule has 41 heavy (non-hydrogen) atoms. The maximum absolute atomic E-state index is 16.4. The Labute approximate surface area is 243 Å². The van der Waals surface area contributed by atoms with E-state index in [1.54, 1.807) is 6.08 Å². The molecule has 2 fully saturated rings. The average molecular weight is 585 g/mol. The highest BCUT2D eigenvalue weighted by Gasteiger charge is 2.48. The monoisotopic (exact) mass is 584 g/mol. The van der Waals surface area contributed by atoms with Gasteiger partial charge in [0.25, 0.3) is 0 Å². The Balaban J connectivity index is 1.43. The van der Waals surface area contributed by atoms with Crippen molar-refractivity contribution < 1.29 is 28.5 Å². The van der Waals surface area contributed by atoms with Gasteiger partial charge in [-0.15, -0.1) is 0 Å². The standard InChI is InChI=1S/C32H35ClF2N2O4/c1-31(40)11-9-19(10-12-31)37-16-32(18-5-3-2-4-6-18)15-21-24(41-32)14-22(34)28(33)26(21)27-20(30(36)39)13-17-7-8-23(38)25(17)29(27)35/h2-6,13-14,19,23,25,29,37-38,40H,7-12,15-16H2,1H3,(H2,36,39)/t19?,23?,25-,29?,31?,32-/m1/s1. The number of rotatable bonds is 6. The number of benzene rings is 2. The van der Waals surface area contributed by atoms with Gasteiger partial charge in [-0.1, -0.05) is 47.5 Å². The Bertz CT molecular complexity index is 1430. The summed E-state index contributed by atoms with van der Waals surface area (Å²) in [6, 6.07) is 10.9. The zero-order valence-corrected chi connectivity index (χ0v) is 23.7. The Morgan fingerprint density at radius 2 is 1.93 bits per heavy atom. The Kier molecular flexibility index (Phi) is 7.25. The molecule has 9 heteroatoms. The van der Waals surface area contributed by atoms with E-state index >= 15 is 8.78 Å². The summed E-state index contributed by atoms with van der Waals surface area (Å²) in [5.41, 5.74) is 5.99. The SMILES string of the molecule is CC1(O)CCC(NC[C@@]2(c3ccccc3)Cc3c(cc(F)c(Cl)c3C3=C(C(N)=O)C=C4CCC(O)[C@@H]4C3F)O2)CC1. The first-order chi connectivity index (χ1) is 19.5. The van der Waals surface area contributed by atoms with Crippen molar-refractivity contribution >= 4 is 23.1 Å². The van der Waals surface area contributed by atoms with Crippen molar-refractivity contribution in [3.05, 3.63) is 81.2 Å². The van der Waals surface area contributed by atoms with Gasteiger partial charge in [0.05, 0.1) is 16.7 Å². The van der Waals surface area contributed by atoms with E-state index in [0.717, 1.165) is 18.4 Å². The number of nitrogens with two attached hydrogens (primary N) is 1. The molecule has 0 bridgehead atoms. The molecule has 1 aliphatic heterocycles. The molecule has 6 rings (SSSR count). The lowest BCUT2D eigenvalue weighted by Crippen LogP contribution is -2.48. The zero-order chi connectivity index (χ0) is 29.1. The van der Waals surface area contributed by atoms with Gasteiger partial charge in [0.2, 0.25) is 5.91 Å². The van der Waals surface area contributed by atoms with Crippen LogP contribution in [0.5, 0.6) is 5.75 Å². The number of fused-ring (bicyclic) bond motifs is 2. The van der Waals surface area contributed by atoms with Gasteiger partial charge in [-0.2, -0.15) is 0 Å². The second-order valence-corrected chi connectivity index (χ2v) is 12.6. The van der Waals surface area contributed by atoms with Crippen molar-refractivity contribution in [1.29, 1.82) is 0 Å². The van der Waals surface area contributed by atoms with E-state index in [9.17, 15) is 15.0 Å². The number of allylic oxidation sites excluding steroid dienone is 1. The first kappa shape index (κ1) is 28.3. The van der Waals surface area contributed by atoms with Gasteiger partial charge in [0, 0.05) is 53.3 Å². The fourth-order valence-corrected chi connectivity index (χ4v) is 7.37. The summed E-state index contributed by atoms with van der Waals surface area (Å²) in [7, 11) is 0. The van der Waals surface area contributed by atoms with Crippen molar-refractivity contribution in [2.24, 2.45) is 11.7 Å². The van der Waals surface area contributed by atoms with Crippen LogP contribution in [0.4, 0.5) is 8.78 Å². The van der Waals surface area contributed by atoms with Crippen LogP contribution >= 0.6 is 11.6 Å². The number of nitrogens with one attached hydrogen (secondary N) is 1. The lowest BCUT2D eigenvalue weighted by Gasteiger charge is -2.36. The molecule has 2 aromatic rings. The van der Waals surface area contributed by atoms with E-state index in [1.807, 2.05) is 37.3 Å². The Morgan fingerprint density at radius 1 is 1.22 bits per heavy atom. The third-order valence-electron chi connectivity index (χ3n) is 9.41. The highest BCUT2D eigenvalue weighted by molar-refractivity contribution is 6.33. The van der Waals surface area contributed by atoms with Crippen LogP contribution in [0.15, 0.2) is 53.6 Å². The van der Waals surface area contributed by atoms with Gasteiger partial charge in [0.15, 0.2) is 5.60 Å². The first-order valence-corrected chi connectivity index (χ1v) is 14.7. The molecule has 0 aromatic heterocycles. The summed E-state index contributed by atoms with van der Waals surface area (Å²) < 4.78 is 38.4. The quantitative estimate of drug-likeness (QED) is 0.387. The van der Waals surface area contributed by atoms with E-state index in [2.05, 4.69) is 5.32 Å². The summed E-state index contributed by atoms with van der Waals surface area (Å²) in [4.78, 5) is 12.6. The molecular weight excluding hydrogens is 550 g/mol. The number of carbonyl (C=O) groups is 1. The summed E-state index contributed by atoms with van der Waals surface area (Å²) in [6.45, 7) is 2.23. The van der Waals surface area contributed by atoms with Crippen molar-refractivity contribution in [3.63, 3.8) is 0 Å². The number of aliphatic hydroxyl groups excluding tert-OH is 1. The molecule has 2 aromatic carbocycles. The summed E-state index contributed by atoms with van der Waals surface area (Å²) in [6.07, 6.45) is 2.84. The van der Waals surface area contributed by atoms with E-state index in [0.29, 0.717) is 43.4 Å². The third kappa shape index (κ3) is 4.99. The Hall–Kier alpha value is -2.78. The van der Waals surface area contributed by atoms with Crippen LogP contribution in [0.1, 0.15) is 62.1 Å². The van der Waals surface area contributed by atoms with E-state index in [-0.39, 0.29) is 39.9 Å². The normalized spacial score (nSPS) is 32.8. The Morgan fingerprint density at radius 3 is 2.61 bits per heavy atom. The molecule has 0 radical (unpaired) electrons. The predicted octanol–water partition coefficient (Wildman–Crippen LogP) is 4.88. The molecule has 5 N–H and O–H groups in total. The minimum Gasteiger partial charge on any atom is -0.480 e. The van der Waals surface area contributed by atoms with Crippen LogP contribution in [-0.4, -0.2) is 46.6 Å². The van der Waals surface area contributed by atoms with E-state index in [4.69, 9.17) is 22.1 Å². The highest BCUT2D eigenvalue weighted by atomic mass is 35.5. The average Bonchev–Trinajstić information content (AvgIpc) is 3.50. The molecule has 2 unspecified atom stereocenters. The molecule has 6 nitrogen and oxygen atoms in total. The third-order valence-corrected chi connectivity index (χ3v) is 9.78. The van der Waals surface area contributed by atoms with Crippen LogP contribution in [0.25, 0.3) is 5.57 Å². The number of hydrogen-bond donors (Lipinski definition) is 4. The largest absolute Gasteiger partial charge is 0.480 e. The van der Waals surface area contributed by atoms with Crippen molar-refractivity contribution in [3.8, 4) is 5.75 Å². The van der Waals surface area contributed by atoms with Gasteiger partial charge in [-0.05, 0) is 57.1 Å². The second kappa shape index (κ2) is 10.5. The number of carbonyl (C=O) groups excluding carboxylic acids is 1. The first-order valence-electron chi connectivity index (χ1n) is 14.3. The van der Waals surface area contributed by atoms with Crippen LogP contribution in [0.2, 0.25) is 5.02 Å². The topological polar surface area (TPSA) is 105 Å². The van der Waals surface area contributed by atoms with Gasteiger partial charge in [0.1, 0.15) is 17.7 Å². The molecule has 0 saturated heterocycles. The summed E-state index contributed by atoms with van der Waals surface area (Å²) >= 11 is 6.58. The number of amides is 1. The summed E-state index contributed by atoms with van der Waals surface area (Å²) in [5.74, 6) is -2.26. The smallest absolute Gasteiger partial charge is 0.249 e. The maximum Gasteiger partial charge on any atom is 0.249 e. The molecule has 4 atom stereocenters. The number of alkyl halides is 1. The van der Waals surface area contributed by atoms with Crippen molar-refractivity contribution in [2.45, 2.75) is 81.4 Å². The molecule has 0 spiro atoms. The fraction of sp³-hybridized carbons (Fsp3) is 0.469. The van der Waals surface area contributed by atoms with Gasteiger partial charge < -0.3 is 26.0 Å². The van der Waals surface area contributed by atoms with E-state index < -0.39 is 41.1 Å². The zero-order valence-electron chi connectivity index (χ0n) is 22.9. The molecule has 218 valence electrons. The number of primary amides is 1. The predicted molar refractivity (Wildman–Crippen MR) is 153 cm³/mol. The van der Waals surface area contributed by atoms with Gasteiger partial charge in [-0.25, -0.2) is 8.78 Å². The number of aliphatic hydroxyl groups is 2. The summed E-state index contributed by atoms with van der Waals surface area (Å²) in [5, 5.41) is 24.3. The van der Waals surface area contributed by atoms with Gasteiger partial charge >= 0.3 is 0 Å². The molecule has 1 heterocycles. The molecule has 3 aliphatic carbocycles. The van der Waals surface area contributed by atoms with Crippen LogP contribution in [0, 0.1) is 11.7 Å². The van der Waals surface area contributed by atoms with E-state index in [1.165, 1.54) is 6.07 Å². The van der Waals surface area contributed by atoms with Crippen LogP contribution in [0.3, 0.4) is 0 Å². The van der Waals surface area contributed by atoms with Crippen LogP contribution in [-0.2, 0) is 16.8 Å². The van der Waals surface area contributed by atoms with Crippen molar-refractivity contribution in [2.75, 3.05) is 6.54 Å². The molecule has 2 saturated carbocycles. The minimum absolute atomic E-state index is 0.0582.